The van der Waals surface area contributed by atoms with Gasteiger partial charge in [-0.05, 0) is 49.3 Å². The van der Waals surface area contributed by atoms with Gasteiger partial charge in [-0.15, -0.1) is 0 Å². The minimum atomic E-state index is -0.336. The van der Waals surface area contributed by atoms with E-state index in [0.717, 1.165) is 54.5 Å². The van der Waals surface area contributed by atoms with Crippen LogP contribution in [-0.4, -0.2) is 41.6 Å². The molecule has 2 fully saturated rings. The van der Waals surface area contributed by atoms with Crippen molar-refractivity contribution in [3.05, 3.63) is 47.3 Å². The number of rotatable bonds is 4. The summed E-state index contributed by atoms with van der Waals surface area (Å²) in [5.41, 5.74) is 17.9. The molecule has 3 aromatic rings. The number of pyridine rings is 2. The number of nitrogen functional groups attached to an aromatic ring is 1. The van der Waals surface area contributed by atoms with E-state index in [4.69, 9.17) is 16.2 Å². The van der Waals surface area contributed by atoms with E-state index >= 15 is 0 Å². The molecule has 2 aromatic heterocycles. The number of nitrogens with one attached hydrogen (secondary N) is 1. The summed E-state index contributed by atoms with van der Waals surface area (Å²) in [4.78, 5) is 24.8. The van der Waals surface area contributed by atoms with E-state index in [1.54, 1.807) is 6.20 Å². The van der Waals surface area contributed by atoms with Gasteiger partial charge in [0.15, 0.2) is 5.69 Å². The molecular weight excluding hydrogens is 428 g/mol. The maximum atomic E-state index is 13.4. The Hall–Kier alpha value is -3.39. The van der Waals surface area contributed by atoms with E-state index in [1.807, 2.05) is 6.07 Å². The first-order valence-corrected chi connectivity index (χ1v) is 12.2. The highest BCUT2D eigenvalue weighted by Crippen LogP contribution is 2.40. The van der Waals surface area contributed by atoms with Gasteiger partial charge in [0, 0.05) is 36.5 Å². The zero-order valence-corrected chi connectivity index (χ0v) is 19.2. The number of nitrogens with two attached hydrogens (primary N) is 2. The van der Waals surface area contributed by atoms with Gasteiger partial charge in [-0.3, -0.25) is 4.79 Å². The minimum absolute atomic E-state index is 0.103. The SMILES string of the molecule is Nc1cc2ccc(C3CCC3)cc2nc1C(=O)Nc1cnc2c(c1N1CCCC(N)C1)CCO2. The molecule has 3 aliphatic rings. The molecule has 34 heavy (non-hydrogen) atoms. The third-order valence-electron chi connectivity index (χ3n) is 7.39. The first-order chi connectivity index (χ1) is 16.6. The standard InChI is InChI=1S/C26H30N6O2/c27-18-5-2-9-32(14-18)24-19-8-10-34-26(19)29-13-22(24)31-25(33)23-20(28)11-17-7-6-16(12-21(17)30-23)15-3-1-4-15/h6-7,11-13,15,18H,1-5,8-10,14,27-28H2,(H,31,33). The number of ether oxygens (including phenoxy) is 1. The van der Waals surface area contributed by atoms with Crippen molar-refractivity contribution in [3.8, 4) is 5.88 Å². The third kappa shape index (κ3) is 3.72. The molecule has 4 heterocycles. The van der Waals surface area contributed by atoms with Crippen LogP contribution in [0.25, 0.3) is 10.9 Å². The van der Waals surface area contributed by atoms with Crippen LogP contribution in [-0.2, 0) is 6.42 Å². The third-order valence-corrected chi connectivity index (χ3v) is 7.39. The van der Waals surface area contributed by atoms with E-state index in [1.165, 1.54) is 24.8 Å². The Morgan fingerprint density at radius 3 is 2.85 bits per heavy atom. The molecule has 2 aliphatic heterocycles. The van der Waals surface area contributed by atoms with Crippen molar-refractivity contribution in [2.24, 2.45) is 5.73 Å². The molecule has 6 rings (SSSR count). The van der Waals surface area contributed by atoms with Crippen molar-refractivity contribution >= 4 is 33.9 Å². The maximum absolute atomic E-state index is 13.4. The number of piperidine rings is 1. The minimum Gasteiger partial charge on any atom is -0.477 e. The number of hydrogen-bond acceptors (Lipinski definition) is 7. The summed E-state index contributed by atoms with van der Waals surface area (Å²) in [5.74, 6) is 0.898. The molecule has 1 saturated heterocycles. The highest BCUT2D eigenvalue weighted by atomic mass is 16.5. The molecule has 0 bridgehead atoms. The van der Waals surface area contributed by atoms with E-state index in [2.05, 4.69) is 38.4 Å². The lowest BCUT2D eigenvalue weighted by atomic mass is 9.80. The number of fused-ring (bicyclic) bond motifs is 2. The number of carbonyl (C=O) groups excluding carboxylic acids is 1. The van der Waals surface area contributed by atoms with Gasteiger partial charge in [-0.1, -0.05) is 18.6 Å². The second-order valence-electron chi connectivity index (χ2n) is 9.71. The first-order valence-electron chi connectivity index (χ1n) is 12.2. The molecule has 1 aromatic carbocycles. The van der Waals surface area contributed by atoms with Crippen LogP contribution in [0.2, 0.25) is 0 Å². The monoisotopic (exact) mass is 458 g/mol. The molecule has 8 heteroatoms. The second kappa shape index (κ2) is 8.43. The fraction of sp³-hybridized carbons (Fsp3) is 0.423. The van der Waals surface area contributed by atoms with Gasteiger partial charge < -0.3 is 26.4 Å². The summed E-state index contributed by atoms with van der Waals surface area (Å²) < 4.78 is 5.70. The van der Waals surface area contributed by atoms with Crippen LogP contribution >= 0.6 is 0 Å². The molecule has 1 atom stereocenters. The lowest BCUT2D eigenvalue weighted by molar-refractivity contribution is 0.102. The topological polar surface area (TPSA) is 119 Å². The van der Waals surface area contributed by atoms with Crippen molar-refractivity contribution in [3.63, 3.8) is 0 Å². The molecule has 8 nitrogen and oxygen atoms in total. The van der Waals surface area contributed by atoms with Gasteiger partial charge >= 0.3 is 0 Å². The zero-order chi connectivity index (χ0) is 23.2. The highest BCUT2D eigenvalue weighted by Gasteiger charge is 2.29. The number of nitrogens with zero attached hydrogens (tertiary/aromatic N) is 3. The maximum Gasteiger partial charge on any atom is 0.276 e. The van der Waals surface area contributed by atoms with E-state index in [9.17, 15) is 4.79 Å². The van der Waals surface area contributed by atoms with Crippen molar-refractivity contribution in [2.75, 3.05) is 35.6 Å². The fourth-order valence-electron chi connectivity index (χ4n) is 5.35. The summed E-state index contributed by atoms with van der Waals surface area (Å²) in [6.45, 7) is 2.21. The van der Waals surface area contributed by atoms with E-state index < -0.39 is 0 Å². The molecule has 1 aliphatic carbocycles. The predicted octanol–water partition coefficient (Wildman–Crippen LogP) is 3.59. The van der Waals surface area contributed by atoms with Gasteiger partial charge in [-0.25, -0.2) is 9.97 Å². The number of anilines is 3. The molecule has 176 valence electrons. The summed E-state index contributed by atoms with van der Waals surface area (Å²) >= 11 is 0. The van der Waals surface area contributed by atoms with Crippen LogP contribution in [0, 0.1) is 0 Å². The molecular formula is C26H30N6O2. The van der Waals surface area contributed by atoms with Crippen LogP contribution < -0.4 is 26.4 Å². The molecule has 1 unspecified atom stereocenters. The molecule has 1 saturated carbocycles. The number of hydrogen-bond donors (Lipinski definition) is 3. The van der Waals surface area contributed by atoms with Gasteiger partial charge in [0.25, 0.3) is 5.91 Å². The lowest BCUT2D eigenvalue weighted by Crippen LogP contribution is -2.43. The number of carbonyl (C=O) groups is 1. The Balaban J connectivity index is 1.34. The second-order valence-corrected chi connectivity index (χ2v) is 9.71. The smallest absolute Gasteiger partial charge is 0.276 e. The molecule has 1 amide bonds. The number of aromatic nitrogens is 2. The van der Waals surface area contributed by atoms with Crippen LogP contribution in [0.5, 0.6) is 5.88 Å². The zero-order valence-electron chi connectivity index (χ0n) is 19.2. The van der Waals surface area contributed by atoms with E-state index in [0.29, 0.717) is 29.8 Å². The Kier molecular flexibility index (Phi) is 5.25. The molecule has 5 N–H and O–H groups in total. The van der Waals surface area contributed by atoms with Gasteiger partial charge in [0.05, 0.1) is 35.4 Å². The average Bonchev–Trinajstić information content (AvgIpc) is 3.26. The molecule has 0 radical (unpaired) electrons. The largest absolute Gasteiger partial charge is 0.477 e. The molecule has 0 spiro atoms. The normalized spacial score (nSPS) is 20.0. The Labute approximate surface area is 198 Å². The van der Waals surface area contributed by atoms with Gasteiger partial charge in [-0.2, -0.15) is 0 Å². The number of benzene rings is 1. The summed E-state index contributed by atoms with van der Waals surface area (Å²) in [6, 6.07) is 8.24. The summed E-state index contributed by atoms with van der Waals surface area (Å²) in [6.07, 6.45) is 8.14. The summed E-state index contributed by atoms with van der Waals surface area (Å²) in [5, 5.41) is 3.99. The van der Waals surface area contributed by atoms with Gasteiger partial charge in [0.1, 0.15) is 0 Å². The Morgan fingerprint density at radius 1 is 1.18 bits per heavy atom. The quantitative estimate of drug-likeness (QED) is 0.546. The number of amides is 1. The van der Waals surface area contributed by atoms with Crippen molar-refractivity contribution in [2.45, 2.75) is 50.5 Å². The van der Waals surface area contributed by atoms with Crippen molar-refractivity contribution in [1.29, 1.82) is 0 Å². The van der Waals surface area contributed by atoms with Crippen molar-refractivity contribution < 1.29 is 9.53 Å². The van der Waals surface area contributed by atoms with Crippen LogP contribution in [0.3, 0.4) is 0 Å². The van der Waals surface area contributed by atoms with Crippen molar-refractivity contribution in [1.82, 2.24) is 9.97 Å². The van der Waals surface area contributed by atoms with E-state index in [-0.39, 0.29) is 17.6 Å². The lowest BCUT2D eigenvalue weighted by Gasteiger charge is -2.34. The fourth-order valence-corrected chi connectivity index (χ4v) is 5.35. The first kappa shape index (κ1) is 21.2. The van der Waals surface area contributed by atoms with Gasteiger partial charge in [0.2, 0.25) is 5.88 Å². The van der Waals surface area contributed by atoms with Crippen LogP contribution in [0.1, 0.15) is 59.6 Å². The van der Waals surface area contributed by atoms with Crippen LogP contribution in [0.15, 0.2) is 30.5 Å². The van der Waals surface area contributed by atoms with Crippen LogP contribution in [0.4, 0.5) is 17.1 Å². The average molecular weight is 459 g/mol. The predicted molar refractivity (Wildman–Crippen MR) is 134 cm³/mol. The summed E-state index contributed by atoms with van der Waals surface area (Å²) in [7, 11) is 0. The Morgan fingerprint density at radius 2 is 2.06 bits per heavy atom. The Bertz CT molecular complexity index is 1270. The highest BCUT2D eigenvalue weighted by molar-refractivity contribution is 6.09.